The van der Waals surface area contributed by atoms with Gasteiger partial charge < -0.3 is 10.8 Å². The number of nitrogen functional groups attached to an aromatic ring is 1. The lowest BCUT2D eigenvalue weighted by molar-refractivity contribution is 0.259. The summed E-state index contributed by atoms with van der Waals surface area (Å²) in [6.45, 7) is 1.34. The first-order chi connectivity index (χ1) is 9.95. The van der Waals surface area contributed by atoms with Crippen LogP contribution in [0.4, 0.5) is 5.69 Å². The molecule has 0 aliphatic carbocycles. The van der Waals surface area contributed by atoms with Crippen LogP contribution in [0.2, 0.25) is 0 Å². The molecular formula is C15H18N2O3S. The molecule has 2 aromatic rings. The smallest absolute Gasteiger partial charge is 0.243 e. The van der Waals surface area contributed by atoms with Crippen molar-refractivity contribution >= 4 is 15.7 Å². The average Bonchev–Trinajstić information content (AvgIpc) is 2.45. The predicted octanol–water partition coefficient (Wildman–Crippen LogP) is 1.59. The molecule has 1 atom stereocenters. The number of sulfonamides is 1. The number of anilines is 1. The van der Waals surface area contributed by atoms with Crippen molar-refractivity contribution in [3.63, 3.8) is 0 Å². The van der Waals surface area contributed by atoms with Crippen LogP contribution in [0.3, 0.4) is 0 Å². The average molecular weight is 306 g/mol. The summed E-state index contributed by atoms with van der Waals surface area (Å²) in [5.74, 6) is 0. The fourth-order valence-electron chi connectivity index (χ4n) is 2.18. The van der Waals surface area contributed by atoms with Gasteiger partial charge in [-0.2, -0.15) is 0 Å². The minimum Gasteiger partial charge on any atom is -0.398 e. The van der Waals surface area contributed by atoms with Gasteiger partial charge in [0.25, 0.3) is 0 Å². The lowest BCUT2D eigenvalue weighted by Gasteiger charge is -2.18. The van der Waals surface area contributed by atoms with Crippen molar-refractivity contribution in [2.75, 3.05) is 12.3 Å². The van der Waals surface area contributed by atoms with Gasteiger partial charge in [-0.1, -0.05) is 42.5 Å². The number of hydrogen-bond donors (Lipinski definition) is 3. The van der Waals surface area contributed by atoms with Crippen LogP contribution in [0.5, 0.6) is 0 Å². The third-order valence-corrected chi connectivity index (χ3v) is 4.88. The Balaban J connectivity index is 2.37. The van der Waals surface area contributed by atoms with Gasteiger partial charge in [0.15, 0.2) is 0 Å². The molecule has 0 aromatic heterocycles. The van der Waals surface area contributed by atoms with Gasteiger partial charge in [0.2, 0.25) is 10.0 Å². The van der Waals surface area contributed by atoms with Crippen molar-refractivity contribution in [1.29, 1.82) is 0 Å². The molecule has 0 fully saturated rings. The predicted molar refractivity (Wildman–Crippen MR) is 82.2 cm³/mol. The largest absolute Gasteiger partial charge is 0.398 e. The summed E-state index contributed by atoms with van der Waals surface area (Å²) >= 11 is 0. The molecule has 0 saturated carbocycles. The maximum atomic E-state index is 12.5. The Labute approximate surface area is 124 Å². The molecule has 0 saturated heterocycles. The van der Waals surface area contributed by atoms with E-state index in [0.717, 1.165) is 0 Å². The molecule has 0 amide bonds. The Morgan fingerprint density at radius 1 is 1.14 bits per heavy atom. The Hall–Kier alpha value is -1.89. The Bertz CT molecular complexity index is 695. The van der Waals surface area contributed by atoms with E-state index >= 15 is 0 Å². The van der Waals surface area contributed by atoms with Gasteiger partial charge >= 0.3 is 0 Å². The molecule has 0 bridgehead atoms. The van der Waals surface area contributed by atoms with Gasteiger partial charge in [-0.3, -0.25) is 0 Å². The minimum atomic E-state index is -3.82. The third kappa shape index (κ3) is 3.41. The number of nitrogens with two attached hydrogens (primary N) is 1. The molecule has 0 aliphatic rings. The fraction of sp³-hybridized carbons (Fsp3) is 0.200. The highest BCUT2D eigenvalue weighted by molar-refractivity contribution is 7.89. The molecule has 1 unspecified atom stereocenters. The number of nitrogens with one attached hydrogen (secondary N) is 1. The zero-order valence-electron chi connectivity index (χ0n) is 11.7. The molecule has 4 N–H and O–H groups in total. The number of aliphatic hydroxyl groups is 1. The zero-order chi connectivity index (χ0) is 15.5. The molecule has 0 aliphatic heterocycles. The van der Waals surface area contributed by atoms with E-state index in [1.165, 1.54) is 6.07 Å². The first-order valence-corrected chi connectivity index (χ1v) is 7.97. The maximum Gasteiger partial charge on any atom is 0.243 e. The molecule has 112 valence electrons. The van der Waals surface area contributed by atoms with E-state index in [1.54, 1.807) is 43.3 Å². The quantitative estimate of drug-likeness (QED) is 0.731. The van der Waals surface area contributed by atoms with Crippen LogP contribution in [0.1, 0.15) is 17.2 Å². The summed E-state index contributed by atoms with van der Waals surface area (Å²) in [5, 5.41) is 9.47. The van der Waals surface area contributed by atoms with Crippen LogP contribution in [0.25, 0.3) is 0 Å². The van der Waals surface area contributed by atoms with E-state index in [4.69, 9.17) is 5.73 Å². The fourth-order valence-corrected chi connectivity index (χ4v) is 3.76. The van der Waals surface area contributed by atoms with Crippen LogP contribution < -0.4 is 10.5 Å². The van der Waals surface area contributed by atoms with E-state index < -0.39 is 16.1 Å². The second-order valence-corrected chi connectivity index (χ2v) is 6.41. The Kier molecular flexibility index (Phi) is 4.62. The van der Waals surface area contributed by atoms with Crippen molar-refractivity contribution in [2.45, 2.75) is 17.9 Å². The summed E-state index contributed by atoms with van der Waals surface area (Å²) in [7, 11) is -3.82. The van der Waals surface area contributed by atoms with Crippen LogP contribution in [0, 0.1) is 6.92 Å². The van der Waals surface area contributed by atoms with E-state index in [-0.39, 0.29) is 17.2 Å². The molecule has 21 heavy (non-hydrogen) atoms. The van der Waals surface area contributed by atoms with Gasteiger partial charge in [0, 0.05) is 0 Å². The Morgan fingerprint density at radius 2 is 1.81 bits per heavy atom. The molecular weight excluding hydrogens is 288 g/mol. The minimum absolute atomic E-state index is 0.0550. The van der Waals surface area contributed by atoms with Crippen LogP contribution >= 0.6 is 0 Å². The zero-order valence-corrected chi connectivity index (χ0v) is 12.5. The summed E-state index contributed by atoms with van der Waals surface area (Å²) in [6.07, 6.45) is 0. The van der Waals surface area contributed by atoms with Crippen molar-refractivity contribution in [3.05, 3.63) is 59.7 Å². The second-order valence-electron chi connectivity index (χ2n) is 4.76. The summed E-state index contributed by atoms with van der Waals surface area (Å²) in [5.41, 5.74) is 7.22. The monoisotopic (exact) mass is 306 g/mol. The lowest BCUT2D eigenvalue weighted by atomic mass is 10.1. The SMILES string of the molecule is Cc1cccc(N)c1S(=O)(=O)NC(CO)c1ccccc1. The van der Waals surface area contributed by atoms with Crippen molar-refractivity contribution in [1.82, 2.24) is 4.72 Å². The summed E-state index contributed by atoms with van der Waals surface area (Å²) in [6, 6.07) is 13.1. The van der Waals surface area contributed by atoms with Crippen molar-refractivity contribution in [3.8, 4) is 0 Å². The van der Waals surface area contributed by atoms with Gasteiger partial charge in [-0.05, 0) is 24.1 Å². The number of aliphatic hydroxyl groups excluding tert-OH is 1. The Morgan fingerprint density at radius 3 is 2.38 bits per heavy atom. The molecule has 2 aromatic carbocycles. The first-order valence-electron chi connectivity index (χ1n) is 6.49. The number of rotatable bonds is 5. The van der Waals surface area contributed by atoms with Gasteiger partial charge in [-0.25, -0.2) is 13.1 Å². The van der Waals surface area contributed by atoms with Crippen molar-refractivity contribution < 1.29 is 13.5 Å². The van der Waals surface area contributed by atoms with Gasteiger partial charge in [-0.15, -0.1) is 0 Å². The van der Waals surface area contributed by atoms with E-state index in [1.807, 2.05) is 6.07 Å². The van der Waals surface area contributed by atoms with Gasteiger partial charge in [0.1, 0.15) is 4.90 Å². The topological polar surface area (TPSA) is 92.4 Å². The van der Waals surface area contributed by atoms with E-state index in [9.17, 15) is 13.5 Å². The highest BCUT2D eigenvalue weighted by Crippen LogP contribution is 2.24. The standard InChI is InChI=1S/C15H18N2O3S/c1-11-6-5-9-13(16)15(11)21(19,20)17-14(10-18)12-7-3-2-4-8-12/h2-9,14,17-18H,10,16H2,1H3. The second kappa shape index (κ2) is 6.26. The normalized spacial score (nSPS) is 13.0. The first kappa shape index (κ1) is 15.5. The molecule has 6 heteroatoms. The van der Waals surface area contributed by atoms with Crippen LogP contribution in [0.15, 0.2) is 53.4 Å². The maximum absolute atomic E-state index is 12.5. The summed E-state index contributed by atoms with van der Waals surface area (Å²) < 4.78 is 27.5. The number of hydrogen-bond acceptors (Lipinski definition) is 4. The molecule has 5 nitrogen and oxygen atoms in total. The van der Waals surface area contributed by atoms with Crippen LogP contribution in [-0.4, -0.2) is 20.1 Å². The molecule has 2 rings (SSSR count). The van der Waals surface area contributed by atoms with Crippen LogP contribution in [-0.2, 0) is 10.0 Å². The third-order valence-electron chi connectivity index (χ3n) is 3.19. The summed E-state index contributed by atoms with van der Waals surface area (Å²) in [4.78, 5) is 0.0550. The van der Waals surface area contributed by atoms with Crippen molar-refractivity contribution in [2.24, 2.45) is 0 Å². The molecule has 0 spiro atoms. The van der Waals surface area contributed by atoms with E-state index in [0.29, 0.717) is 11.1 Å². The highest BCUT2D eigenvalue weighted by Gasteiger charge is 2.24. The molecule has 0 radical (unpaired) electrons. The number of aryl methyl sites for hydroxylation is 1. The van der Waals surface area contributed by atoms with E-state index in [2.05, 4.69) is 4.72 Å². The van der Waals surface area contributed by atoms with Gasteiger partial charge in [0.05, 0.1) is 18.3 Å². The molecule has 0 heterocycles. The highest BCUT2D eigenvalue weighted by atomic mass is 32.2. The number of benzene rings is 2. The lowest BCUT2D eigenvalue weighted by Crippen LogP contribution is -2.31.